The highest BCUT2D eigenvalue weighted by Crippen LogP contribution is 2.33. The Morgan fingerprint density at radius 3 is 2.55 bits per heavy atom. The van der Waals surface area contributed by atoms with Crippen LogP contribution in [0, 0.1) is 0 Å². The van der Waals surface area contributed by atoms with E-state index in [9.17, 15) is 13.2 Å². The Bertz CT molecular complexity index is 1260. The van der Waals surface area contributed by atoms with E-state index >= 15 is 0 Å². The fraction of sp³-hybridized carbons (Fsp3) is 0.238. The summed E-state index contributed by atoms with van der Waals surface area (Å²) in [6.07, 6.45) is -3.42. The average molecular weight is 460 g/mol. The van der Waals surface area contributed by atoms with Gasteiger partial charge >= 0.3 is 6.36 Å². The lowest BCUT2D eigenvalue weighted by Gasteiger charge is -2.16. The van der Waals surface area contributed by atoms with Gasteiger partial charge in [-0.25, -0.2) is 15.1 Å². The van der Waals surface area contributed by atoms with Crippen molar-refractivity contribution >= 4 is 17.0 Å². The van der Waals surface area contributed by atoms with Gasteiger partial charge in [0.1, 0.15) is 18.2 Å². The number of ether oxygens (including phenoxy) is 3. The topological polar surface area (TPSA) is 121 Å². The van der Waals surface area contributed by atoms with Gasteiger partial charge in [0.15, 0.2) is 16.9 Å². The van der Waals surface area contributed by atoms with Crippen LogP contribution in [0.2, 0.25) is 0 Å². The van der Waals surface area contributed by atoms with Crippen LogP contribution in [0.5, 0.6) is 17.4 Å². The quantitative estimate of drug-likeness (QED) is 0.420. The molecule has 0 fully saturated rings. The highest BCUT2D eigenvalue weighted by atomic mass is 19.4. The Labute approximate surface area is 185 Å². The predicted molar refractivity (Wildman–Crippen MR) is 113 cm³/mol. The summed E-state index contributed by atoms with van der Waals surface area (Å²) in [6, 6.07) is 9.17. The van der Waals surface area contributed by atoms with Crippen molar-refractivity contribution in [1.82, 2.24) is 25.4 Å². The van der Waals surface area contributed by atoms with E-state index in [0.29, 0.717) is 28.2 Å². The van der Waals surface area contributed by atoms with Gasteiger partial charge in [-0.05, 0) is 31.5 Å². The first-order valence-corrected chi connectivity index (χ1v) is 9.80. The fourth-order valence-corrected chi connectivity index (χ4v) is 3.03. The molecule has 12 heteroatoms. The van der Waals surface area contributed by atoms with Gasteiger partial charge in [0, 0.05) is 29.5 Å². The molecule has 3 heterocycles. The highest BCUT2D eigenvalue weighted by molar-refractivity contribution is 5.79. The van der Waals surface area contributed by atoms with Crippen LogP contribution in [0.25, 0.3) is 22.3 Å². The van der Waals surface area contributed by atoms with Crippen molar-refractivity contribution < 1.29 is 27.4 Å². The zero-order valence-corrected chi connectivity index (χ0v) is 17.6. The molecule has 4 rings (SSSR count). The number of aromatic amines is 1. The van der Waals surface area contributed by atoms with Crippen molar-refractivity contribution in [3.8, 4) is 28.5 Å². The summed E-state index contributed by atoms with van der Waals surface area (Å²) in [5.74, 6) is 0.378. The molecule has 33 heavy (non-hydrogen) atoms. The molecular weight excluding hydrogens is 441 g/mol. The van der Waals surface area contributed by atoms with E-state index < -0.39 is 12.1 Å². The molecule has 1 aromatic carbocycles. The molecule has 0 saturated carbocycles. The molecular formula is C21H19F3N6O3. The number of alkyl halides is 3. The number of benzene rings is 1. The lowest BCUT2D eigenvalue weighted by atomic mass is 10.0. The first kappa shape index (κ1) is 22.1. The van der Waals surface area contributed by atoms with E-state index in [2.05, 4.69) is 30.1 Å². The molecule has 0 unspecified atom stereocenters. The molecule has 9 nitrogen and oxygen atoms in total. The Kier molecular flexibility index (Phi) is 5.90. The summed E-state index contributed by atoms with van der Waals surface area (Å²) in [5.41, 5.74) is 7.57. The largest absolute Gasteiger partial charge is 0.573 e. The third-order valence-corrected chi connectivity index (χ3v) is 4.39. The van der Waals surface area contributed by atoms with Crippen molar-refractivity contribution in [3.05, 3.63) is 48.2 Å². The number of hydrogen-bond acceptors (Lipinski definition) is 8. The van der Waals surface area contributed by atoms with E-state index in [1.54, 1.807) is 18.2 Å². The molecule has 0 aliphatic rings. The van der Waals surface area contributed by atoms with E-state index in [0.717, 1.165) is 0 Å². The Hall–Kier alpha value is -4.09. The zero-order valence-electron chi connectivity index (χ0n) is 17.6. The maximum Gasteiger partial charge on any atom is 0.573 e. The van der Waals surface area contributed by atoms with Gasteiger partial charge in [-0.15, -0.1) is 18.3 Å². The van der Waals surface area contributed by atoms with Crippen LogP contribution in [0.4, 0.5) is 19.0 Å². The molecule has 4 aromatic rings. The second-order valence-corrected chi connectivity index (χ2v) is 7.26. The Balaban J connectivity index is 1.61. The molecule has 0 saturated heterocycles. The van der Waals surface area contributed by atoms with Crippen LogP contribution < -0.4 is 19.9 Å². The van der Waals surface area contributed by atoms with E-state index in [4.69, 9.17) is 15.2 Å². The average Bonchev–Trinajstić information content (AvgIpc) is 3.20. The third kappa shape index (κ3) is 5.40. The minimum Gasteiger partial charge on any atom is -0.486 e. The summed E-state index contributed by atoms with van der Waals surface area (Å²) >= 11 is 0. The molecule has 172 valence electrons. The summed E-state index contributed by atoms with van der Waals surface area (Å²) in [6.45, 7) is 3.49. The molecule has 0 spiro atoms. The molecule has 3 aromatic heterocycles. The minimum absolute atomic E-state index is 0.0522. The Morgan fingerprint density at radius 2 is 1.85 bits per heavy atom. The number of pyridine rings is 2. The van der Waals surface area contributed by atoms with Gasteiger partial charge in [-0.1, -0.05) is 17.3 Å². The zero-order chi connectivity index (χ0) is 23.6. The molecule has 0 radical (unpaired) electrons. The number of rotatable bonds is 7. The number of aromatic nitrogens is 5. The van der Waals surface area contributed by atoms with Crippen LogP contribution in [0.3, 0.4) is 0 Å². The van der Waals surface area contributed by atoms with E-state index in [-0.39, 0.29) is 29.8 Å². The second kappa shape index (κ2) is 8.81. The SMILES string of the molecule is CC(C)Oc1ccc(-c2ccc(COc3cc(N)nc4[nH]nnc34)c(OC(F)(F)F)c2)cn1. The minimum atomic E-state index is -4.89. The van der Waals surface area contributed by atoms with Gasteiger partial charge in [0.25, 0.3) is 0 Å². The molecule has 0 bridgehead atoms. The maximum absolute atomic E-state index is 13.1. The lowest BCUT2D eigenvalue weighted by molar-refractivity contribution is -0.275. The number of nitrogens with one attached hydrogen (secondary N) is 1. The maximum atomic E-state index is 13.1. The molecule has 0 aliphatic carbocycles. The summed E-state index contributed by atoms with van der Waals surface area (Å²) in [4.78, 5) is 8.20. The van der Waals surface area contributed by atoms with Crippen molar-refractivity contribution in [1.29, 1.82) is 0 Å². The number of hydrogen-bond donors (Lipinski definition) is 2. The fourth-order valence-electron chi connectivity index (χ4n) is 3.03. The van der Waals surface area contributed by atoms with Crippen LogP contribution in [-0.2, 0) is 6.61 Å². The second-order valence-electron chi connectivity index (χ2n) is 7.26. The van der Waals surface area contributed by atoms with Gasteiger partial charge in [-0.2, -0.15) is 0 Å². The van der Waals surface area contributed by atoms with Gasteiger partial charge in [0.2, 0.25) is 5.88 Å². The first-order valence-electron chi connectivity index (χ1n) is 9.80. The van der Waals surface area contributed by atoms with Crippen molar-refractivity contribution in [2.75, 3.05) is 5.73 Å². The van der Waals surface area contributed by atoms with E-state index in [1.807, 2.05) is 13.8 Å². The number of halogens is 3. The lowest BCUT2D eigenvalue weighted by Crippen LogP contribution is -2.18. The van der Waals surface area contributed by atoms with Gasteiger partial charge in [0.05, 0.1) is 6.10 Å². The predicted octanol–water partition coefficient (Wildman–Crippen LogP) is 4.26. The molecule has 0 aliphatic heterocycles. The van der Waals surface area contributed by atoms with Crippen LogP contribution in [0.15, 0.2) is 42.6 Å². The van der Waals surface area contributed by atoms with Crippen LogP contribution in [0.1, 0.15) is 19.4 Å². The van der Waals surface area contributed by atoms with Gasteiger partial charge in [-0.3, -0.25) is 0 Å². The smallest absolute Gasteiger partial charge is 0.486 e. The van der Waals surface area contributed by atoms with E-state index in [1.165, 1.54) is 24.4 Å². The van der Waals surface area contributed by atoms with Crippen LogP contribution >= 0.6 is 0 Å². The summed E-state index contributed by atoms with van der Waals surface area (Å²) < 4.78 is 54.7. The van der Waals surface area contributed by atoms with Crippen LogP contribution in [-0.4, -0.2) is 37.8 Å². The number of H-pyrrole nitrogens is 1. The monoisotopic (exact) mass is 460 g/mol. The molecule has 3 N–H and O–H groups in total. The third-order valence-electron chi connectivity index (χ3n) is 4.39. The normalized spacial score (nSPS) is 11.7. The standard InChI is InChI=1S/C21H19F3N6O3/c1-11(2)32-18-6-5-13(9-26-18)12-3-4-14(15(7-12)33-21(22,23)24)10-31-16-8-17(25)27-20-19(16)28-30-29-20/h3-9,11H,10H2,1-2H3,(H3,25,27,28,29,30). The Morgan fingerprint density at radius 1 is 1.06 bits per heavy atom. The van der Waals surface area contributed by atoms with Crippen molar-refractivity contribution in [2.45, 2.75) is 32.9 Å². The molecule has 0 atom stereocenters. The molecule has 0 amide bonds. The number of anilines is 1. The summed E-state index contributed by atoms with van der Waals surface area (Å²) in [7, 11) is 0. The number of nitrogen functional groups attached to an aromatic ring is 1. The van der Waals surface area contributed by atoms with Gasteiger partial charge < -0.3 is 19.9 Å². The van der Waals surface area contributed by atoms with Crippen molar-refractivity contribution in [2.24, 2.45) is 0 Å². The number of nitrogens with two attached hydrogens (primary N) is 1. The number of fused-ring (bicyclic) bond motifs is 1. The van der Waals surface area contributed by atoms with Crippen molar-refractivity contribution in [3.63, 3.8) is 0 Å². The highest BCUT2D eigenvalue weighted by Gasteiger charge is 2.32. The number of nitrogens with zero attached hydrogens (tertiary/aromatic N) is 4. The first-order chi connectivity index (χ1) is 15.7. The summed E-state index contributed by atoms with van der Waals surface area (Å²) in [5, 5.41) is 10.0.